The molecule has 28 heavy (non-hydrogen) atoms. The second-order valence-corrected chi connectivity index (χ2v) is 5.91. The highest BCUT2D eigenvalue weighted by Gasteiger charge is 2.29. The Labute approximate surface area is 157 Å². The number of alkyl halides is 3. The van der Waals surface area contributed by atoms with Gasteiger partial charge in [-0.05, 0) is 24.3 Å². The molecule has 4 rings (SSSR count). The van der Waals surface area contributed by atoms with Gasteiger partial charge in [0.15, 0.2) is 17.3 Å². The predicted octanol–water partition coefficient (Wildman–Crippen LogP) is 3.93. The third-order valence-corrected chi connectivity index (χ3v) is 4.06. The predicted molar refractivity (Wildman–Crippen MR) is 96.4 cm³/mol. The topological polar surface area (TPSA) is 81.4 Å². The van der Waals surface area contributed by atoms with Crippen LogP contribution in [0.25, 0.3) is 17.0 Å². The molecule has 0 spiro atoms. The molecule has 4 aromatic rings. The summed E-state index contributed by atoms with van der Waals surface area (Å²) >= 11 is 0. The molecule has 0 saturated carbocycles. The van der Waals surface area contributed by atoms with E-state index in [9.17, 15) is 13.2 Å². The van der Waals surface area contributed by atoms with Gasteiger partial charge < -0.3 is 5.32 Å². The molecule has 0 saturated heterocycles. The molecule has 3 heterocycles. The van der Waals surface area contributed by atoms with Crippen LogP contribution in [0.1, 0.15) is 18.3 Å². The highest BCUT2D eigenvalue weighted by Crippen LogP contribution is 2.30. The molecular formula is C18H14F3N7. The molecule has 142 valence electrons. The Morgan fingerprint density at radius 3 is 2.50 bits per heavy atom. The first kappa shape index (κ1) is 17.8. The van der Waals surface area contributed by atoms with Gasteiger partial charge in [-0.2, -0.15) is 13.2 Å². The van der Waals surface area contributed by atoms with E-state index in [0.717, 1.165) is 18.0 Å². The maximum Gasteiger partial charge on any atom is 0.416 e. The third-order valence-electron chi connectivity index (χ3n) is 4.06. The van der Waals surface area contributed by atoms with Crippen molar-refractivity contribution in [3.8, 4) is 5.82 Å². The van der Waals surface area contributed by atoms with Crippen LogP contribution in [-0.2, 0) is 12.6 Å². The van der Waals surface area contributed by atoms with Crippen LogP contribution >= 0.6 is 0 Å². The molecule has 0 aliphatic rings. The Balaban J connectivity index is 1.68. The lowest BCUT2D eigenvalue weighted by molar-refractivity contribution is -0.137. The van der Waals surface area contributed by atoms with Crippen molar-refractivity contribution in [3.05, 3.63) is 60.6 Å². The van der Waals surface area contributed by atoms with Crippen LogP contribution in [0.15, 0.2) is 49.2 Å². The molecule has 0 amide bonds. The van der Waals surface area contributed by atoms with E-state index >= 15 is 0 Å². The Morgan fingerprint density at radius 2 is 1.79 bits per heavy atom. The number of aromatic nitrogens is 6. The summed E-state index contributed by atoms with van der Waals surface area (Å²) in [5, 5.41) is 2.96. The quantitative estimate of drug-likeness (QED) is 0.573. The molecule has 0 atom stereocenters. The summed E-state index contributed by atoms with van der Waals surface area (Å²) in [7, 11) is 0. The summed E-state index contributed by atoms with van der Waals surface area (Å²) in [5.41, 5.74) is 0.999. The van der Waals surface area contributed by atoms with Crippen LogP contribution in [0.4, 0.5) is 24.7 Å². The SMILES string of the molecule is CCc1nc2ncncc2n1-c1cncc(Nc2ccc(C(F)(F)F)cc2)n1. The number of halogens is 3. The van der Waals surface area contributed by atoms with E-state index in [1.807, 2.05) is 6.92 Å². The second kappa shape index (κ2) is 6.87. The number of anilines is 2. The fraction of sp³-hybridized carbons (Fsp3) is 0.167. The zero-order valence-corrected chi connectivity index (χ0v) is 14.6. The van der Waals surface area contributed by atoms with Gasteiger partial charge in [0.1, 0.15) is 17.7 Å². The number of hydrogen-bond donors (Lipinski definition) is 1. The summed E-state index contributed by atoms with van der Waals surface area (Å²) < 4.78 is 39.9. The first-order valence-electron chi connectivity index (χ1n) is 8.39. The first-order chi connectivity index (χ1) is 13.5. The number of rotatable bonds is 4. The lowest BCUT2D eigenvalue weighted by Gasteiger charge is -2.11. The Bertz CT molecular complexity index is 1120. The summed E-state index contributed by atoms with van der Waals surface area (Å²) in [6.07, 6.45) is 2.40. The van der Waals surface area contributed by atoms with Crippen molar-refractivity contribution in [2.45, 2.75) is 19.5 Å². The number of fused-ring (bicyclic) bond motifs is 1. The van der Waals surface area contributed by atoms with Crippen LogP contribution in [0.2, 0.25) is 0 Å². The number of benzene rings is 1. The molecule has 3 aromatic heterocycles. The van der Waals surface area contributed by atoms with E-state index in [0.29, 0.717) is 34.9 Å². The number of nitrogens with zero attached hydrogens (tertiary/aromatic N) is 6. The van der Waals surface area contributed by atoms with Crippen molar-refractivity contribution in [2.24, 2.45) is 0 Å². The minimum Gasteiger partial charge on any atom is -0.339 e. The van der Waals surface area contributed by atoms with Crippen molar-refractivity contribution in [1.29, 1.82) is 0 Å². The van der Waals surface area contributed by atoms with E-state index in [-0.39, 0.29) is 0 Å². The first-order valence-corrected chi connectivity index (χ1v) is 8.39. The molecule has 0 aliphatic heterocycles. The van der Waals surface area contributed by atoms with Gasteiger partial charge >= 0.3 is 6.18 Å². The molecule has 1 N–H and O–H groups in total. The second-order valence-electron chi connectivity index (χ2n) is 5.91. The molecule has 0 unspecified atom stereocenters. The lowest BCUT2D eigenvalue weighted by Crippen LogP contribution is -2.06. The van der Waals surface area contributed by atoms with E-state index in [1.54, 1.807) is 17.0 Å². The summed E-state index contributed by atoms with van der Waals surface area (Å²) in [4.78, 5) is 21.4. The van der Waals surface area contributed by atoms with E-state index < -0.39 is 11.7 Å². The van der Waals surface area contributed by atoms with E-state index in [1.165, 1.54) is 24.7 Å². The standard InChI is InChI=1S/C18H14F3N7/c1-2-15-27-17-13(7-23-10-24-17)28(15)16-9-22-8-14(26-16)25-12-5-3-11(4-6-12)18(19,20)21/h3-10H,2H2,1H3,(H,25,26). The van der Waals surface area contributed by atoms with Crippen molar-refractivity contribution < 1.29 is 13.2 Å². The van der Waals surface area contributed by atoms with Crippen molar-refractivity contribution in [2.75, 3.05) is 5.32 Å². The number of hydrogen-bond acceptors (Lipinski definition) is 6. The van der Waals surface area contributed by atoms with Crippen molar-refractivity contribution in [3.63, 3.8) is 0 Å². The fourth-order valence-electron chi connectivity index (χ4n) is 2.78. The van der Waals surface area contributed by atoms with Gasteiger partial charge in [0.25, 0.3) is 0 Å². The molecule has 0 aliphatic carbocycles. The largest absolute Gasteiger partial charge is 0.416 e. The zero-order chi connectivity index (χ0) is 19.7. The van der Waals surface area contributed by atoms with Gasteiger partial charge in [-0.25, -0.2) is 19.9 Å². The van der Waals surface area contributed by atoms with Gasteiger partial charge in [0.2, 0.25) is 0 Å². The smallest absolute Gasteiger partial charge is 0.339 e. The lowest BCUT2D eigenvalue weighted by atomic mass is 10.2. The van der Waals surface area contributed by atoms with Crippen LogP contribution in [0.3, 0.4) is 0 Å². The monoisotopic (exact) mass is 385 g/mol. The highest BCUT2D eigenvalue weighted by atomic mass is 19.4. The molecule has 0 fully saturated rings. The molecule has 10 heteroatoms. The average Bonchev–Trinajstić information content (AvgIpc) is 3.06. The molecule has 1 aromatic carbocycles. The minimum absolute atomic E-state index is 0.387. The maximum atomic E-state index is 12.7. The number of nitrogens with one attached hydrogen (secondary N) is 1. The van der Waals surface area contributed by atoms with Gasteiger partial charge in [-0.1, -0.05) is 6.92 Å². The minimum atomic E-state index is -4.38. The van der Waals surface area contributed by atoms with Crippen molar-refractivity contribution in [1.82, 2.24) is 29.5 Å². The van der Waals surface area contributed by atoms with Crippen LogP contribution in [0, 0.1) is 0 Å². The number of aryl methyl sites for hydroxylation is 1. The highest BCUT2D eigenvalue weighted by molar-refractivity contribution is 5.72. The molecule has 0 radical (unpaired) electrons. The van der Waals surface area contributed by atoms with Gasteiger partial charge in [0.05, 0.1) is 24.2 Å². The van der Waals surface area contributed by atoms with Crippen LogP contribution in [-0.4, -0.2) is 29.5 Å². The Hall–Kier alpha value is -3.56. The van der Waals surface area contributed by atoms with Gasteiger partial charge in [-0.3, -0.25) is 9.55 Å². The third kappa shape index (κ3) is 3.36. The summed E-state index contributed by atoms with van der Waals surface area (Å²) in [6, 6.07) is 4.70. The van der Waals surface area contributed by atoms with Crippen LogP contribution in [0.5, 0.6) is 0 Å². The Morgan fingerprint density at radius 1 is 1.00 bits per heavy atom. The summed E-state index contributed by atoms with van der Waals surface area (Å²) in [5.74, 6) is 1.64. The average molecular weight is 385 g/mol. The molecular weight excluding hydrogens is 371 g/mol. The van der Waals surface area contributed by atoms with E-state index in [4.69, 9.17) is 0 Å². The molecule has 0 bridgehead atoms. The molecule has 7 nitrogen and oxygen atoms in total. The maximum absolute atomic E-state index is 12.7. The number of imidazole rings is 1. The van der Waals surface area contributed by atoms with Gasteiger partial charge in [-0.15, -0.1) is 0 Å². The Kier molecular flexibility index (Phi) is 4.38. The van der Waals surface area contributed by atoms with Gasteiger partial charge in [0, 0.05) is 12.1 Å². The zero-order valence-electron chi connectivity index (χ0n) is 14.6. The fourth-order valence-corrected chi connectivity index (χ4v) is 2.78. The normalized spacial score (nSPS) is 11.7. The summed E-state index contributed by atoms with van der Waals surface area (Å²) in [6.45, 7) is 1.96. The van der Waals surface area contributed by atoms with E-state index in [2.05, 4.69) is 30.2 Å². The van der Waals surface area contributed by atoms with Crippen molar-refractivity contribution >= 4 is 22.7 Å². The van der Waals surface area contributed by atoms with Crippen LogP contribution < -0.4 is 5.32 Å².